The molecule has 3 rings (SSSR count). The lowest BCUT2D eigenvalue weighted by Crippen LogP contribution is -2.49. The van der Waals surface area contributed by atoms with E-state index in [2.05, 4.69) is 22.1 Å². The number of aryl methyl sites for hydroxylation is 1. The molecule has 0 aliphatic carbocycles. The summed E-state index contributed by atoms with van der Waals surface area (Å²) in [5.74, 6) is 0. The third kappa shape index (κ3) is 2.46. The monoisotopic (exact) mass is 272 g/mol. The number of aromatic nitrogens is 2. The Labute approximate surface area is 118 Å². The van der Waals surface area contributed by atoms with E-state index >= 15 is 0 Å². The number of nitrogens with zero attached hydrogens (tertiary/aromatic N) is 3. The average Bonchev–Trinajstić information content (AvgIpc) is 2.43. The summed E-state index contributed by atoms with van der Waals surface area (Å²) in [6.45, 7) is 7.91. The van der Waals surface area contributed by atoms with Crippen molar-refractivity contribution in [2.24, 2.45) is 0 Å². The van der Waals surface area contributed by atoms with E-state index in [4.69, 9.17) is 0 Å². The molecule has 1 unspecified atom stereocenters. The van der Waals surface area contributed by atoms with Crippen LogP contribution in [-0.2, 0) is 6.54 Å². The van der Waals surface area contributed by atoms with E-state index in [1.807, 2.05) is 19.1 Å². The summed E-state index contributed by atoms with van der Waals surface area (Å²) in [6, 6.07) is 5.99. The van der Waals surface area contributed by atoms with Crippen LogP contribution in [0.5, 0.6) is 0 Å². The molecule has 3 heterocycles. The second-order valence-electron chi connectivity index (χ2n) is 5.49. The van der Waals surface area contributed by atoms with Gasteiger partial charge in [0, 0.05) is 44.5 Å². The van der Waals surface area contributed by atoms with Crippen molar-refractivity contribution in [3.05, 3.63) is 46.0 Å². The van der Waals surface area contributed by atoms with Crippen LogP contribution in [0.25, 0.3) is 5.65 Å². The molecule has 2 aromatic rings. The molecule has 0 aromatic carbocycles. The van der Waals surface area contributed by atoms with Crippen molar-refractivity contribution in [2.45, 2.75) is 26.4 Å². The van der Waals surface area contributed by atoms with Crippen LogP contribution >= 0.6 is 0 Å². The molecule has 1 aliphatic rings. The summed E-state index contributed by atoms with van der Waals surface area (Å²) in [7, 11) is 0. The van der Waals surface area contributed by atoms with Gasteiger partial charge in [-0.1, -0.05) is 6.07 Å². The molecular weight excluding hydrogens is 252 g/mol. The summed E-state index contributed by atoms with van der Waals surface area (Å²) in [4.78, 5) is 19.2. The van der Waals surface area contributed by atoms with Crippen molar-refractivity contribution >= 4 is 5.65 Å². The molecule has 5 nitrogen and oxygen atoms in total. The Hall–Kier alpha value is -1.72. The van der Waals surface area contributed by atoms with Gasteiger partial charge in [-0.05, 0) is 25.5 Å². The highest BCUT2D eigenvalue weighted by Gasteiger charge is 2.18. The van der Waals surface area contributed by atoms with Crippen molar-refractivity contribution in [1.29, 1.82) is 0 Å². The van der Waals surface area contributed by atoms with Crippen LogP contribution < -0.4 is 10.9 Å². The van der Waals surface area contributed by atoms with E-state index in [9.17, 15) is 4.79 Å². The molecule has 0 bridgehead atoms. The van der Waals surface area contributed by atoms with Gasteiger partial charge in [-0.2, -0.15) is 0 Å². The number of pyridine rings is 1. The average molecular weight is 272 g/mol. The van der Waals surface area contributed by atoms with E-state index in [0.717, 1.165) is 43.1 Å². The van der Waals surface area contributed by atoms with Gasteiger partial charge in [0.15, 0.2) is 0 Å². The number of hydrogen-bond acceptors (Lipinski definition) is 4. The standard InChI is InChI=1S/C15H20N4O/c1-11-4-3-6-19-14(20)8-13(17-15(11)19)10-18-7-5-16-9-12(18)2/h3-4,6,8,12,16H,5,7,9-10H2,1-2H3. The molecule has 0 saturated carbocycles. The normalized spacial score (nSPS) is 20.4. The minimum Gasteiger partial charge on any atom is -0.314 e. The van der Waals surface area contributed by atoms with Crippen LogP contribution in [0.15, 0.2) is 29.2 Å². The number of hydrogen-bond donors (Lipinski definition) is 1. The van der Waals surface area contributed by atoms with Crippen LogP contribution in [0, 0.1) is 6.92 Å². The van der Waals surface area contributed by atoms with Crippen molar-refractivity contribution in [3.63, 3.8) is 0 Å². The van der Waals surface area contributed by atoms with Crippen molar-refractivity contribution in [2.75, 3.05) is 19.6 Å². The molecule has 0 amide bonds. The summed E-state index contributed by atoms with van der Waals surface area (Å²) in [5.41, 5.74) is 2.65. The second-order valence-corrected chi connectivity index (χ2v) is 5.49. The van der Waals surface area contributed by atoms with Crippen molar-refractivity contribution in [1.82, 2.24) is 19.6 Å². The van der Waals surface area contributed by atoms with Crippen molar-refractivity contribution < 1.29 is 0 Å². The molecule has 1 atom stereocenters. The van der Waals surface area contributed by atoms with Gasteiger partial charge in [0.05, 0.1) is 5.69 Å². The number of piperazine rings is 1. The SMILES string of the molecule is Cc1cccn2c(=O)cc(CN3CCNCC3C)nc12. The third-order valence-corrected chi connectivity index (χ3v) is 3.94. The minimum atomic E-state index is -0.00325. The van der Waals surface area contributed by atoms with E-state index in [1.54, 1.807) is 16.7 Å². The Bertz CT molecular complexity index is 679. The number of rotatable bonds is 2. The van der Waals surface area contributed by atoms with E-state index in [-0.39, 0.29) is 5.56 Å². The fourth-order valence-electron chi connectivity index (χ4n) is 2.72. The van der Waals surface area contributed by atoms with Gasteiger partial charge in [-0.3, -0.25) is 14.1 Å². The Kier molecular flexibility index (Phi) is 3.54. The predicted molar refractivity (Wildman–Crippen MR) is 78.9 cm³/mol. The maximum Gasteiger partial charge on any atom is 0.258 e. The van der Waals surface area contributed by atoms with E-state index in [1.165, 1.54) is 0 Å². The van der Waals surface area contributed by atoms with Gasteiger partial charge in [-0.25, -0.2) is 4.98 Å². The Morgan fingerprint density at radius 2 is 2.35 bits per heavy atom. The summed E-state index contributed by atoms with van der Waals surface area (Å²) >= 11 is 0. The van der Waals surface area contributed by atoms with Gasteiger partial charge in [0.2, 0.25) is 0 Å². The fourth-order valence-corrected chi connectivity index (χ4v) is 2.72. The van der Waals surface area contributed by atoms with Crippen LogP contribution in [0.2, 0.25) is 0 Å². The summed E-state index contributed by atoms with van der Waals surface area (Å²) in [6.07, 6.45) is 1.77. The highest BCUT2D eigenvalue weighted by atomic mass is 16.1. The molecule has 0 spiro atoms. The molecule has 1 fully saturated rings. The van der Waals surface area contributed by atoms with E-state index in [0.29, 0.717) is 6.04 Å². The largest absolute Gasteiger partial charge is 0.314 e. The lowest BCUT2D eigenvalue weighted by Gasteiger charge is -2.33. The molecule has 2 aromatic heterocycles. The highest BCUT2D eigenvalue weighted by Crippen LogP contribution is 2.10. The quantitative estimate of drug-likeness (QED) is 0.878. The molecule has 1 N–H and O–H groups in total. The van der Waals surface area contributed by atoms with Crippen LogP contribution in [0.3, 0.4) is 0 Å². The molecule has 1 aliphatic heterocycles. The van der Waals surface area contributed by atoms with Gasteiger partial charge >= 0.3 is 0 Å². The fraction of sp³-hybridized carbons (Fsp3) is 0.467. The second kappa shape index (κ2) is 5.34. The molecule has 1 saturated heterocycles. The molecule has 5 heteroatoms. The first-order valence-corrected chi connectivity index (χ1v) is 7.08. The first kappa shape index (κ1) is 13.3. The highest BCUT2D eigenvalue weighted by molar-refractivity contribution is 5.46. The van der Waals surface area contributed by atoms with E-state index < -0.39 is 0 Å². The minimum absolute atomic E-state index is 0.00325. The predicted octanol–water partition coefficient (Wildman–Crippen LogP) is 0.797. The first-order valence-electron chi connectivity index (χ1n) is 7.08. The summed E-state index contributed by atoms with van der Waals surface area (Å²) < 4.78 is 1.61. The Morgan fingerprint density at radius 3 is 3.15 bits per heavy atom. The van der Waals surface area contributed by atoms with Crippen LogP contribution in [-0.4, -0.2) is 40.0 Å². The molecule has 106 valence electrons. The molecular formula is C15H20N4O. The Balaban J connectivity index is 1.96. The topological polar surface area (TPSA) is 49.6 Å². The zero-order valence-corrected chi connectivity index (χ0v) is 12.0. The van der Waals surface area contributed by atoms with Gasteiger partial charge < -0.3 is 5.32 Å². The zero-order chi connectivity index (χ0) is 14.1. The Morgan fingerprint density at radius 1 is 1.50 bits per heavy atom. The number of nitrogens with one attached hydrogen (secondary N) is 1. The van der Waals surface area contributed by atoms with Gasteiger partial charge in [-0.15, -0.1) is 0 Å². The lowest BCUT2D eigenvalue weighted by molar-refractivity contribution is 0.164. The third-order valence-electron chi connectivity index (χ3n) is 3.94. The van der Waals surface area contributed by atoms with Gasteiger partial charge in [0.25, 0.3) is 5.56 Å². The lowest BCUT2D eigenvalue weighted by atomic mass is 10.2. The smallest absolute Gasteiger partial charge is 0.258 e. The maximum absolute atomic E-state index is 12.2. The maximum atomic E-state index is 12.2. The summed E-state index contributed by atoms with van der Waals surface area (Å²) in [5, 5.41) is 3.37. The van der Waals surface area contributed by atoms with Gasteiger partial charge in [0.1, 0.15) is 5.65 Å². The first-order chi connectivity index (χ1) is 9.65. The number of fused-ring (bicyclic) bond motifs is 1. The molecule has 0 radical (unpaired) electrons. The zero-order valence-electron chi connectivity index (χ0n) is 12.0. The van der Waals surface area contributed by atoms with Crippen LogP contribution in [0.1, 0.15) is 18.2 Å². The van der Waals surface area contributed by atoms with Crippen molar-refractivity contribution in [3.8, 4) is 0 Å². The van der Waals surface area contributed by atoms with Crippen LogP contribution in [0.4, 0.5) is 0 Å². The molecule has 20 heavy (non-hydrogen) atoms.